The molecule has 0 unspecified atom stereocenters. The number of amides is 3. The molecule has 0 aromatic carbocycles. The minimum atomic E-state index is -0.506. The fourth-order valence-corrected chi connectivity index (χ4v) is 2.58. The van der Waals surface area contributed by atoms with Crippen LogP contribution in [0.25, 0.3) is 0 Å². The Morgan fingerprint density at radius 1 is 0.955 bits per heavy atom. The number of hydrogen-bond donors (Lipinski definition) is 3. The van der Waals surface area contributed by atoms with Crippen molar-refractivity contribution in [2.75, 3.05) is 19.6 Å². The molecule has 0 spiro atoms. The summed E-state index contributed by atoms with van der Waals surface area (Å²) < 4.78 is 5.10. The van der Waals surface area contributed by atoms with Gasteiger partial charge >= 0.3 is 12.1 Å². The maximum atomic E-state index is 11.6. The lowest BCUT2D eigenvalue weighted by Gasteiger charge is -2.21. The Morgan fingerprint density at radius 3 is 2.18 bits per heavy atom. The molecule has 1 rings (SSSR count). The van der Waals surface area contributed by atoms with E-state index in [2.05, 4.69) is 16.0 Å². The van der Waals surface area contributed by atoms with Gasteiger partial charge < -0.3 is 20.7 Å². The monoisotopic (exact) mass is 313 g/mol. The van der Waals surface area contributed by atoms with Gasteiger partial charge in [-0.15, -0.1) is 0 Å². The van der Waals surface area contributed by atoms with Crippen molar-refractivity contribution in [3.05, 3.63) is 0 Å². The second-order valence-electron chi connectivity index (χ2n) is 6.90. The molecule has 1 aliphatic rings. The molecule has 128 valence electrons. The van der Waals surface area contributed by atoms with E-state index in [0.29, 0.717) is 13.1 Å². The molecule has 3 N–H and O–H groups in total. The zero-order valence-electron chi connectivity index (χ0n) is 14.2. The number of rotatable bonds is 6. The minimum absolute atomic E-state index is 0.179. The van der Waals surface area contributed by atoms with E-state index in [1.54, 1.807) is 0 Å². The Labute approximate surface area is 133 Å². The molecular formula is C16H31N3O3. The minimum Gasteiger partial charge on any atom is -0.444 e. The Morgan fingerprint density at radius 2 is 1.55 bits per heavy atom. The first-order valence-electron chi connectivity index (χ1n) is 8.35. The summed E-state index contributed by atoms with van der Waals surface area (Å²) in [6, 6.07) is -0.179. The van der Waals surface area contributed by atoms with E-state index in [0.717, 1.165) is 18.9 Å². The van der Waals surface area contributed by atoms with Gasteiger partial charge in [0.05, 0.1) is 0 Å². The van der Waals surface area contributed by atoms with Crippen molar-refractivity contribution in [3.63, 3.8) is 0 Å². The number of carbonyl (C=O) groups excluding carboxylic acids is 2. The third-order valence-corrected chi connectivity index (χ3v) is 3.64. The highest BCUT2D eigenvalue weighted by Crippen LogP contribution is 2.25. The van der Waals surface area contributed by atoms with Crippen molar-refractivity contribution < 1.29 is 14.3 Å². The first-order valence-corrected chi connectivity index (χ1v) is 8.35. The van der Waals surface area contributed by atoms with Crippen LogP contribution in [0.2, 0.25) is 0 Å². The number of alkyl carbamates (subject to hydrolysis) is 1. The average Bonchev–Trinajstić information content (AvgIpc) is 2.43. The van der Waals surface area contributed by atoms with Crippen molar-refractivity contribution in [3.8, 4) is 0 Å². The molecule has 1 saturated carbocycles. The molecule has 0 atom stereocenters. The van der Waals surface area contributed by atoms with Gasteiger partial charge in [0.15, 0.2) is 0 Å². The molecule has 0 radical (unpaired) electrons. The lowest BCUT2D eigenvalue weighted by atomic mass is 9.87. The molecule has 6 heteroatoms. The fraction of sp³-hybridized carbons (Fsp3) is 0.875. The van der Waals surface area contributed by atoms with Gasteiger partial charge in [-0.2, -0.15) is 0 Å². The summed E-state index contributed by atoms with van der Waals surface area (Å²) in [5.74, 6) is 0.767. The zero-order chi connectivity index (χ0) is 16.4. The van der Waals surface area contributed by atoms with E-state index >= 15 is 0 Å². The SMILES string of the molecule is CC(C)(C)OC(=O)NCCNC(=O)NCCC1CCCCC1. The first kappa shape index (κ1) is 18.6. The van der Waals surface area contributed by atoms with E-state index in [-0.39, 0.29) is 6.03 Å². The predicted molar refractivity (Wildman–Crippen MR) is 86.8 cm³/mol. The second kappa shape index (κ2) is 9.54. The molecule has 0 saturated heterocycles. The van der Waals surface area contributed by atoms with Crippen LogP contribution in [-0.2, 0) is 4.74 Å². The van der Waals surface area contributed by atoms with E-state index < -0.39 is 11.7 Å². The van der Waals surface area contributed by atoms with Gasteiger partial charge in [0, 0.05) is 19.6 Å². The highest BCUT2D eigenvalue weighted by molar-refractivity contribution is 5.73. The first-order chi connectivity index (χ1) is 10.4. The molecular weight excluding hydrogens is 282 g/mol. The van der Waals surface area contributed by atoms with E-state index in [1.165, 1.54) is 32.1 Å². The summed E-state index contributed by atoms with van der Waals surface area (Å²) in [6.45, 7) is 6.88. The summed E-state index contributed by atoms with van der Waals surface area (Å²) in [5.41, 5.74) is -0.506. The van der Waals surface area contributed by atoms with Crippen LogP contribution in [0.5, 0.6) is 0 Å². The Balaban J connectivity index is 1.98. The summed E-state index contributed by atoms with van der Waals surface area (Å²) in [7, 11) is 0. The lowest BCUT2D eigenvalue weighted by molar-refractivity contribution is 0.0528. The maximum Gasteiger partial charge on any atom is 0.407 e. The van der Waals surface area contributed by atoms with Crippen molar-refractivity contribution >= 4 is 12.1 Å². The summed E-state index contributed by atoms with van der Waals surface area (Å²) in [6.07, 6.45) is 7.19. The summed E-state index contributed by atoms with van der Waals surface area (Å²) in [5, 5.41) is 8.18. The molecule has 0 aromatic heterocycles. The van der Waals surface area contributed by atoms with Gasteiger partial charge in [-0.25, -0.2) is 9.59 Å². The Bertz CT molecular complexity index is 347. The third kappa shape index (κ3) is 9.47. The molecule has 0 aromatic rings. The maximum absolute atomic E-state index is 11.6. The number of urea groups is 1. The van der Waals surface area contributed by atoms with E-state index in [9.17, 15) is 9.59 Å². The summed E-state index contributed by atoms with van der Waals surface area (Å²) in [4.78, 5) is 23.0. The third-order valence-electron chi connectivity index (χ3n) is 3.64. The van der Waals surface area contributed by atoms with Crippen LogP contribution in [0.4, 0.5) is 9.59 Å². The molecule has 1 fully saturated rings. The quantitative estimate of drug-likeness (QED) is 0.660. The number of ether oxygens (including phenoxy) is 1. The predicted octanol–water partition coefficient (Wildman–Crippen LogP) is 2.78. The molecule has 3 amide bonds. The zero-order valence-corrected chi connectivity index (χ0v) is 14.2. The van der Waals surface area contributed by atoms with Crippen molar-refractivity contribution in [1.29, 1.82) is 0 Å². The van der Waals surface area contributed by atoms with Crippen LogP contribution in [-0.4, -0.2) is 37.4 Å². The number of hydrogen-bond acceptors (Lipinski definition) is 3. The molecule has 6 nitrogen and oxygen atoms in total. The Hall–Kier alpha value is -1.46. The molecule has 22 heavy (non-hydrogen) atoms. The highest BCUT2D eigenvalue weighted by Gasteiger charge is 2.15. The van der Waals surface area contributed by atoms with Crippen molar-refractivity contribution in [2.24, 2.45) is 5.92 Å². The van der Waals surface area contributed by atoms with Gasteiger partial charge in [-0.1, -0.05) is 32.1 Å². The molecule has 0 aliphatic heterocycles. The van der Waals surface area contributed by atoms with Crippen LogP contribution >= 0.6 is 0 Å². The van der Waals surface area contributed by atoms with Crippen LogP contribution in [0.3, 0.4) is 0 Å². The van der Waals surface area contributed by atoms with Gasteiger partial charge in [0.1, 0.15) is 5.60 Å². The Kier molecular flexibility index (Phi) is 8.06. The highest BCUT2D eigenvalue weighted by atomic mass is 16.6. The smallest absolute Gasteiger partial charge is 0.407 e. The normalized spacial score (nSPS) is 16.0. The second-order valence-corrected chi connectivity index (χ2v) is 6.90. The molecule has 0 bridgehead atoms. The molecule has 0 heterocycles. The van der Waals surface area contributed by atoms with Crippen LogP contribution in [0, 0.1) is 5.92 Å². The van der Waals surface area contributed by atoms with Crippen molar-refractivity contribution in [2.45, 2.75) is 64.9 Å². The van der Waals surface area contributed by atoms with Gasteiger partial charge in [-0.05, 0) is 33.1 Å². The topological polar surface area (TPSA) is 79.5 Å². The standard InChI is InChI=1S/C16H31N3O3/c1-16(2,3)22-15(21)19-12-11-18-14(20)17-10-9-13-7-5-4-6-8-13/h13H,4-12H2,1-3H3,(H,19,21)(H2,17,18,20). The van der Waals surface area contributed by atoms with Gasteiger partial charge in [0.25, 0.3) is 0 Å². The van der Waals surface area contributed by atoms with Crippen LogP contribution < -0.4 is 16.0 Å². The number of carbonyl (C=O) groups is 2. The fourth-order valence-electron chi connectivity index (χ4n) is 2.58. The van der Waals surface area contributed by atoms with Gasteiger partial charge in [0.2, 0.25) is 0 Å². The van der Waals surface area contributed by atoms with Gasteiger partial charge in [-0.3, -0.25) is 0 Å². The molecule has 1 aliphatic carbocycles. The lowest BCUT2D eigenvalue weighted by Crippen LogP contribution is -2.41. The van der Waals surface area contributed by atoms with Crippen LogP contribution in [0.1, 0.15) is 59.3 Å². The summed E-state index contributed by atoms with van der Waals surface area (Å²) >= 11 is 0. The van der Waals surface area contributed by atoms with Crippen molar-refractivity contribution in [1.82, 2.24) is 16.0 Å². The van der Waals surface area contributed by atoms with E-state index in [1.807, 2.05) is 20.8 Å². The van der Waals surface area contributed by atoms with Crippen LogP contribution in [0.15, 0.2) is 0 Å². The average molecular weight is 313 g/mol. The largest absolute Gasteiger partial charge is 0.444 e. The van der Waals surface area contributed by atoms with E-state index in [4.69, 9.17) is 4.74 Å². The number of nitrogens with one attached hydrogen (secondary N) is 3.